The van der Waals surface area contributed by atoms with Crippen molar-refractivity contribution in [2.24, 2.45) is 0 Å². The van der Waals surface area contributed by atoms with Crippen LogP contribution in [-0.4, -0.2) is 12.3 Å². The van der Waals surface area contributed by atoms with Crippen molar-refractivity contribution in [3.8, 4) is 0 Å². The first-order valence-electron chi connectivity index (χ1n) is 5.92. The Hall–Kier alpha value is -1.74. The van der Waals surface area contributed by atoms with Crippen molar-refractivity contribution in [2.75, 3.05) is 11.9 Å². The summed E-state index contributed by atoms with van der Waals surface area (Å²) >= 11 is 1.63. The number of fused-ring (bicyclic) bond motifs is 1. The average Bonchev–Trinajstić information content (AvgIpc) is 2.60. The largest absolute Gasteiger partial charge is 0.377 e. The molecule has 1 heterocycles. The Morgan fingerprint density at radius 2 is 1.72 bits per heavy atom. The standard InChI is InChI=1S/C15H13NOS/c17-13-10-16-12-8-4-5-9-14(12)18-15(13)11-6-2-1-3-7-11/h1-9,15-16H,10H2. The molecule has 0 amide bonds. The molecule has 0 spiro atoms. The van der Waals surface area contributed by atoms with E-state index in [1.165, 1.54) is 0 Å². The van der Waals surface area contributed by atoms with Gasteiger partial charge in [0.15, 0.2) is 5.78 Å². The van der Waals surface area contributed by atoms with Gasteiger partial charge in [-0.1, -0.05) is 42.5 Å². The van der Waals surface area contributed by atoms with E-state index in [1.54, 1.807) is 11.8 Å². The van der Waals surface area contributed by atoms with E-state index in [4.69, 9.17) is 0 Å². The summed E-state index contributed by atoms with van der Waals surface area (Å²) in [5, 5.41) is 3.10. The minimum absolute atomic E-state index is 0.109. The number of benzene rings is 2. The van der Waals surface area contributed by atoms with E-state index in [9.17, 15) is 4.79 Å². The third kappa shape index (κ3) is 2.14. The number of ketones is 1. The summed E-state index contributed by atoms with van der Waals surface area (Å²) in [6, 6.07) is 18.0. The van der Waals surface area contributed by atoms with Crippen LogP contribution in [0.3, 0.4) is 0 Å². The molecular weight excluding hydrogens is 242 g/mol. The smallest absolute Gasteiger partial charge is 0.169 e. The molecule has 2 nitrogen and oxygen atoms in total. The molecule has 3 heteroatoms. The second kappa shape index (κ2) is 4.86. The van der Waals surface area contributed by atoms with Crippen LogP contribution in [0.5, 0.6) is 0 Å². The zero-order valence-electron chi connectivity index (χ0n) is 9.80. The van der Waals surface area contributed by atoms with Crippen molar-refractivity contribution in [3.63, 3.8) is 0 Å². The Morgan fingerprint density at radius 1 is 1.00 bits per heavy atom. The van der Waals surface area contributed by atoms with Crippen molar-refractivity contribution in [2.45, 2.75) is 10.1 Å². The molecule has 0 aromatic heterocycles. The quantitative estimate of drug-likeness (QED) is 0.845. The SMILES string of the molecule is O=C1CNc2ccccc2SC1c1ccccc1. The normalized spacial score (nSPS) is 18.7. The monoisotopic (exact) mass is 255 g/mol. The van der Waals surface area contributed by atoms with Gasteiger partial charge in [0, 0.05) is 10.6 Å². The number of para-hydroxylation sites is 1. The van der Waals surface area contributed by atoms with Gasteiger partial charge in [0.2, 0.25) is 0 Å². The van der Waals surface area contributed by atoms with Crippen LogP contribution in [0.15, 0.2) is 59.5 Å². The van der Waals surface area contributed by atoms with Gasteiger partial charge in [0.1, 0.15) is 0 Å². The number of hydrogen-bond acceptors (Lipinski definition) is 3. The number of nitrogens with one attached hydrogen (secondary N) is 1. The summed E-state index contributed by atoms with van der Waals surface area (Å²) in [5.74, 6) is 0.224. The van der Waals surface area contributed by atoms with Crippen LogP contribution in [0.1, 0.15) is 10.8 Å². The highest BCUT2D eigenvalue weighted by Gasteiger charge is 2.25. The molecule has 1 aliphatic heterocycles. The molecule has 1 aliphatic rings. The second-order valence-corrected chi connectivity index (χ2v) is 5.37. The van der Waals surface area contributed by atoms with Gasteiger partial charge in [-0.2, -0.15) is 0 Å². The Bertz CT molecular complexity index is 568. The molecule has 0 bridgehead atoms. The molecule has 90 valence electrons. The Morgan fingerprint density at radius 3 is 2.56 bits per heavy atom. The first-order valence-corrected chi connectivity index (χ1v) is 6.80. The topological polar surface area (TPSA) is 29.1 Å². The highest BCUT2D eigenvalue weighted by Crippen LogP contribution is 2.41. The summed E-state index contributed by atoms with van der Waals surface area (Å²) in [7, 11) is 0. The van der Waals surface area contributed by atoms with Gasteiger partial charge in [0.25, 0.3) is 0 Å². The maximum absolute atomic E-state index is 12.2. The van der Waals surface area contributed by atoms with E-state index in [0.717, 1.165) is 16.1 Å². The second-order valence-electron chi connectivity index (χ2n) is 4.22. The summed E-state index contributed by atoms with van der Waals surface area (Å²) in [4.78, 5) is 13.3. The number of rotatable bonds is 1. The number of carbonyl (C=O) groups is 1. The van der Waals surface area contributed by atoms with Crippen molar-refractivity contribution in [3.05, 3.63) is 60.2 Å². The van der Waals surface area contributed by atoms with E-state index in [0.29, 0.717) is 6.54 Å². The van der Waals surface area contributed by atoms with Crippen LogP contribution < -0.4 is 5.32 Å². The third-order valence-electron chi connectivity index (χ3n) is 2.98. The van der Waals surface area contributed by atoms with Crippen LogP contribution in [0.25, 0.3) is 0 Å². The zero-order chi connectivity index (χ0) is 12.4. The lowest BCUT2D eigenvalue weighted by molar-refractivity contribution is -0.117. The number of hydrogen-bond donors (Lipinski definition) is 1. The molecule has 0 radical (unpaired) electrons. The Kier molecular flexibility index (Phi) is 3.07. The summed E-state index contributed by atoms with van der Waals surface area (Å²) in [6.07, 6.45) is 0. The number of thioether (sulfide) groups is 1. The number of Topliss-reactive ketones (excluding diaryl/α,β-unsaturated/α-hetero) is 1. The van der Waals surface area contributed by atoms with Crippen molar-refractivity contribution in [1.82, 2.24) is 0 Å². The molecule has 0 saturated carbocycles. The third-order valence-corrected chi connectivity index (χ3v) is 4.36. The van der Waals surface area contributed by atoms with E-state index in [2.05, 4.69) is 11.4 Å². The predicted molar refractivity (Wildman–Crippen MR) is 75.0 cm³/mol. The molecule has 1 unspecified atom stereocenters. The Balaban J connectivity index is 1.99. The van der Waals surface area contributed by atoms with Crippen LogP contribution in [-0.2, 0) is 4.79 Å². The summed E-state index contributed by atoms with van der Waals surface area (Å²) in [5.41, 5.74) is 2.13. The molecule has 1 atom stereocenters. The molecule has 2 aromatic carbocycles. The lowest BCUT2D eigenvalue weighted by Gasteiger charge is -2.12. The van der Waals surface area contributed by atoms with E-state index >= 15 is 0 Å². The fourth-order valence-electron chi connectivity index (χ4n) is 2.06. The fourth-order valence-corrected chi connectivity index (χ4v) is 3.25. The minimum atomic E-state index is -0.109. The van der Waals surface area contributed by atoms with Crippen LogP contribution in [0.4, 0.5) is 5.69 Å². The lowest BCUT2D eigenvalue weighted by Crippen LogP contribution is -2.17. The number of carbonyl (C=O) groups excluding carboxylic acids is 1. The van der Waals surface area contributed by atoms with Gasteiger partial charge >= 0.3 is 0 Å². The van der Waals surface area contributed by atoms with Gasteiger partial charge in [0.05, 0.1) is 11.8 Å². The average molecular weight is 255 g/mol. The van der Waals surface area contributed by atoms with Crippen molar-refractivity contribution < 1.29 is 4.79 Å². The highest BCUT2D eigenvalue weighted by molar-refractivity contribution is 8.00. The highest BCUT2D eigenvalue weighted by atomic mass is 32.2. The first-order chi connectivity index (χ1) is 8.84. The lowest BCUT2D eigenvalue weighted by atomic mass is 10.1. The molecule has 0 fully saturated rings. The molecule has 2 aromatic rings. The van der Waals surface area contributed by atoms with Crippen molar-refractivity contribution >= 4 is 23.2 Å². The van der Waals surface area contributed by atoms with E-state index in [1.807, 2.05) is 48.5 Å². The van der Waals surface area contributed by atoms with Crippen LogP contribution in [0.2, 0.25) is 0 Å². The summed E-state index contributed by atoms with van der Waals surface area (Å²) < 4.78 is 0. The summed E-state index contributed by atoms with van der Waals surface area (Å²) in [6.45, 7) is 0.392. The molecule has 18 heavy (non-hydrogen) atoms. The van der Waals surface area contributed by atoms with Gasteiger partial charge < -0.3 is 5.32 Å². The maximum atomic E-state index is 12.2. The van der Waals surface area contributed by atoms with Gasteiger partial charge in [-0.15, -0.1) is 11.8 Å². The van der Waals surface area contributed by atoms with E-state index < -0.39 is 0 Å². The maximum Gasteiger partial charge on any atom is 0.169 e. The zero-order valence-corrected chi connectivity index (χ0v) is 10.6. The molecular formula is C15H13NOS. The van der Waals surface area contributed by atoms with Crippen LogP contribution >= 0.6 is 11.8 Å². The molecule has 0 saturated heterocycles. The van der Waals surface area contributed by atoms with Crippen LogP contribution in [0, 0.1) is 0 Å². The van der Waals surface area contributed by atoms with Crippen molar-refractivity contribution in [1.29, 1.82) is 0 Å². The Labute approximate surface area is 110 Å². The van der Waals surface area contributed by atoms with Gasteiger partial charge in [-0.05, 0) is 17.7 Å². The molecule has 1 N–H and O–H groups in total. The fraction of sp³-hybridized carbons (Fsp3) is 0.133. The molecule has 3 rings (SSSR count). The predicted octanol–water partition coefficient (Wildman–Crippen LogP) is 3.51. The minimum Gasteiger partial charge on any atom is -0.377 e. The molecule has 0 aliphatic carbocycles. The van der Waals surface area contributed by atoms with Gasteiger partial charge in [-0.25, -0.2) is 0 Å². The van der Waals surface area contributed by atoms with E-state index in [-0.39, 0.29) is 11.0 Å². The van der Waals surface area contributed by atoms with Gasteiger partial charge in [-0.3, -0.25) is 4.79 Å². The first kappa shape index (κ1) is 11.4. The number of anilines is 1.